The van der Waals surface area contributed by atoms with Gasteiger partial charge in [-0.1, -0.05) is 12.1 Å². The molecule has 1 amide bonds. The van der Waals surface area contributed by atoms with E-state index in [-0.39, 0.29) is 4.90 Å². The predicted octanol–water partition coefficient (Wildman–Crippen LogP) is 3.17. The maximum absolute atomic E-state index is 12.3. The summed E-state index contributed by atoms with van der Waals surface area (Å²) >= 11 is 3.19. The van der Waals surface area contributed by atoms with Gasteiger partial charge < -0.3 is 4.90 Å². The van der Waals surface area contributed by atoms with Crippen molar-refractivity contribution in [3.63, 3.8) is 0 Å². The summed E-state index contributed by atoms with van der Waals surface area (Å²) in [5.41, 5.74) is 1.37. The smallest absolute Gasteiger partial charge is 0.265 e. The molecule has 1 aliphatic rings. The van der Waals surface area contributed by atoms with Gasteiger partial charge in [0.15, 0.2) is 0 Å². The summed E-state index contributed by atoms with van der Waals surface area (Å²) in [6, 6.07) is 13.4. The van der Waals surface area contributed by atoms with Gasteiger partial charge >= 0.3 is 0 Å². The van der Waals surface area contributed by atoms with E-state index in [0.29, 0.717) is 10.0 Å². The third-order valence-electron chi connectivity index (χ3n) is 3.95. The lowest BCUT2D eigenvalue weighted by molar-refractivity contribution is 0.0981. The van der Waals surface area contributed by atoms with Crippen LogP contribution in [0, 0.1) is 0 Å². The van der Waals surface area contributed by atoms with E-state index in [2.05, 4.69) is 25.6 Å². The first-order valence-corrected chi connectivity index (χ1v) is 9.92. The summed E-state index contributed by atoms with van der Waals surface area (Å²) in [6.45, 7) is 2.03. The summed E-state index contributed by atoms with van der Waals surface area (Å²) in [5, 5.41) is 0. The molecule has 1 heterocycles. The highest BCUT2D eigenvalue weighted by atomic mass is 79.9. The molecule has 0 atom stereocenters. The number of amides is 1. The molecule has 0 saturated carbocycles. The van der Waals surface area contributed by atoms with E-state index in [1.165, 1.54) is 18.9 Å². The van der Waals surface area contributed by atoms with Crippen molar-refractivity contribution in [2.45, 2.75) is 17.7 Å². The highest BCUT2D eigenvalue weighted by Crippen LogP contribution is 2.22. The number of hydrogen-bond donors (Lipinski definition) is 1. The van der Waals surface area contributed by atoms with Crippen LogP contribution in [0.15, 0.2) is 57.9 Å². The normalized spacial score (nSPS) is 14.6. The van der Waals surface area contributed by atoms with Gasteiger partial charge in [0.2, 0.25) is 0 Å². The molecule has 3 rings (SSSR count). The number of rotatable bonds is 4. The molecular formula is C17H17BrN2O3S. The minimum atomic E-state index is -3.92. The molecule has 1 saturated heterocycles. The van der Waals surface area contributed by atoms with Crippen LogP contribution in [0.4, 0.5) is 5.69 Å². The third-order valence-corrected chi connectivity index (χ3v) is 6.30. The second-order valence-electron chi connectivity index (χ2n) is 5.61. The minimum absolute atomic E-state index is 0.0343. The standard InChI is InChI=1S/C17H17BrN2O3S/c18-15-5-1-2-6-16(15)24(22,23)19-17(21)13-7-9-14(10-8-13)20-11-3-4-12-20/h1-2,5-10H,3-4,11-12H2,(H,19,21). The van der Waals surface area contributed by atoms with Gasteiger partial charge in [-0.3, -0.25) is 4.79 Å². The number of halogens is 1. The van der Waals surface area contributed by atoms with E-state index >= 15 is 0 Å². The number of hydrogen-bond acceptors (Lipinski definition) is 4. The van der Waals surface area contributed by atoms with Crippen molar-refractivity contribution < 1.29 is 13.2 Å². The van der Waals surface area contributed by atoms with Crippen LogP contribution < -0.4 is 9.62 Å². The fourth-order valence-corrected chi connectivity index (χ4v) is 4.68. The van der Waals surface area contributed by atoms with Crippen LogP contribution in [0.3, 0.4) is 0 Å². The molecular weight excluding hydrogens is 392 g/mol. The maximum Gasteiger partial charge on any atom is 0.265 e. The second-order valence-corrected chi connectivity index (χ2v) is 8.11. The second kappa shape index (κ2) is 6.94. The van der Waals surface area contributed by atoms with Gasteiger partial charge in [-0.05, 0) is 65.2 Å². The topological polar surface area (TPSA) is 66.5 Å². The van der Waals surface area contributed by atoms with Crippen molar-refractivity contribution >= 4 is 37.5 Å². The molecule has 126 valence electrons. The monoisotopic (exact) mass is 408 g/mol. The van der Waals surface area contributed by atoms with Crippen molar-refractivity contribution in [3.05, 3.63) is 58.6 Å². The zero-order valence-electron chi connectivity index (χ0n) is 12.9. The van der Waals surface area contributed by atoms with Gasteiger partial charge in [0, 0.05) is 28.8 Å². The van der Waals surface area contributed by atoms with Crippen LogP contribution in [0.2, 0.25) is 0 Å². The van der Waals surface area contributed by atoms with Gasteiger partial charge in [0.25, 0.3) is 15.9 Å². The van der Waals surface area contributed by atoms with E-state index in [4.69, 9.17) is 0 Å². The molecule has 0 radical (unpaired) electrons. The number of nitrogens with zero attached hydrogens (tertiary/aromatic N) is 1. The predicted molar refractivity (Wildman–Crippen MR) is 96.7 cm³/mol. The van der Waals surface area contributed by atoms with E-state index in [9.17, 15) is 13.2 Å². The molecule has 2 aromatic rings. The zero-order valence-corrected chi connectivity index (χ0v) is 15.3. The summed E-state index contributed by atoms with van der Waals surface area (Å²) in [4.78, 5) is 14.5. The van der Waals surface area contributed by atoms with Crippen LogP contribution in [0.5, 0.6) is 0 Å². The van der Waals surface area contributed by atoms with Crippen LogP contribution in [-0.4, -0.2) is 27.4 Å². The lowest BCUT2D eigenvalue weighted by atomic mass is 10.2. The van der Waals surface area contributed by atoms with Crippen LogP contribution >= 0.6 is 15.9 Å². The summed E-state index contributed by atoms with van der Waals surface area (Å²) in [5.74, 6) is -0.640. The van der Waals surface area contributed by atoms with Crippen molar-refractivity contribution in [1.82, 2.24) is 4.72 Å². The highest BCUT2D eigenvalue weighted by Gasteiger charge is 2.21. The fourth-order valence-electron chi connectivity index (χ4n) is 2.70. The van der Waals surface area contributed by atoms with E-state index in [1.807, 2.05) is 12.1 Å². The Morgan fingerprint density at radius 3 is 2.25 bits per heavy atom. The number of benzene rings is 2. The van der Waals surface area contributed by atoms with E-state index < -0.39 is 15.9 Å². The Labute approximate surface area is 149 Å². The quantitative estimate of drug-likeness (QED) is 0.843. The molecule has 1 N–H and O–H groups in total. The number of sulfonamides is 1. The Morgan fingerprint density at radius 1 is 1.00 bits per heavy atom. The first kappa shape index (κ1) is 17.0. The molecule has 5 nitrogen and oxygen atoms in total. The molecule has 7 heteroatoms. The van der Waals surface area contributed by atoms with E-state index in [1.54, 1.807) is 30.3 Å². The Hall–Kier alpha value is -1.86. The number of carbonyl (C=O) groups excluding carboxylic acids is 1. The summed E-state index contributed by atoms with van der Waals surface area (Å²) in [6.07, 6.45) is 2.35. The van der Waals surface area contributed by atoms with Crippen LogP contribution in [0.25, 0.3) is 0 Å². The number of carbonyl (C=O) groups is 1. The zero-order chi connectivity index (χ0) is 17.2. The molecule has 2 aromatic carbocycles. The molecule has 0 unspecified atom stereocenters. The van der Waals surface area contributed by atoms with Gasteiger partial charge in [-0.15, -0.1) is 0 Å². The molecule has 0 bridgehead atoms. The third kappa shape index (κ3) is 3.62. The molecule has 0 spiro atoms. The van der Waals surface area contributed by atoms with Crippen LogP contribution in [-0.2, 0) is 10.0 Å². The summed E-state index contributed by atoms with van der Waals surface area (Å²) in [7, 11) is -3.92. The van der Waals surface area contributed by atoms with Crippen LogP contribution in [0.1, 0.15) is 23.2 Å². The molecule has 1 aliphatic heterocycles. The average molecular weight is 409 g/mol. The van der Waals surface area contributed by atoms with Gasteiger partial charge in [-0.25, -0.2) is 13.1 Å². The van der Waals surface area contributed by atoms with Gasteiger partial charge in [-0.2, -0.15) is 0 Å². The van der Waals surface area contributed by atoms with Gasteiger partial charge in [0.05, 0.1) is 0 Å². The largest absolute Gasteiger partial charge is 0.372 e. The molecule has 0 aromatic heterocycles. The number of anilines is 1. The lowest BCUT2D eigenvalue weighted by Crippen LogP contribution is -2.30. The SMILES string of the molecule is O=C(NS(=O)(=O)c1ccccc1Br)c1ccc(N2CCCC2)cc1. The van der Waals surface area contributed by atoms with Crippen molar-refractivity contribution in [2.24, 2.45) is 0 Å². The van der Waals surface area contributed by atoms with Crippen molar-refractivity contribution in [1.29, 1.82) is 0 Å². The first-order valence-electron chi connectivity index (χ1n) is 7.64. The Kier molecular flexibility index (Phi) is 4.91. The Balaban J connectivity index is 1.76. The first-order chi connectivity index (χ1) is 11.5. The van der Waals surface area contributed by atoms with E-state index in [0.717, 1.165) is 18.8 Å². The van der Waals surface area contributed by atoms with Crippen molar-refractivity contribution in [2.75, 3.05) is 18.0 Å². The lowest BCUT2D eigenvalue weighted by Gasteiger charge is -2.17. The number of nitrogens with one attached hydrogen (secondary N) is 1. The molecule has 1 fully saturated rings. The summed E-state index contributed by atoms with van der Waals surface area (Å²) < 4.78 is 27.2. The highest BCUT2D eigenvalue weighted by molar-refractivity contribution is 9.10. The molecule has 0 aliphatic carbocycles. The maximum atomic E-state index is 12.3. The molecule has 24 heavy (non-hydrogen) atoms. The Morgan fingerprint density at radius 2 is 1.62 bits per heavy atom. The van der Waals surface area contributed by atoms with Crippen molar-refractivity contribution in [3.8, 4) is 0 Å². The average Bonchev–Trinajstić information content (AvgIpc) is 3.09. The Bertz CT molecular complexity index is 844. The fraction of sp³-hybridized carbons (Fsp3) is 0.235. The van der Waals surface area contributed by atoms with Gasteiger partial charge in [0.1, 0.15) is 4.90 Å². The minimum Gasteiger partial charge on any atom is -0.372 e.